The number of rotatable bonds is 2. The fourth-order valence-corrected chi connectivity index (χ4v) is 1.17. The number of nitrogens with two attached hydrogens (primary N) is 1. The predicted octanol–water partition coefficient (Wildman–Crippen LogP) is 1.75. The molecule has 0 saturated heterocycles. The lowest BCUT2D eigenvalue weighted by atomic mass is 10.1. The van der Waals surface area contributed by atoms with Gasteiger partial charge in [0, 0.05) is 5.70 Å². The summed E-state index contributed by atoms with van der Waals surface area (Å²) in [5.41, 5.74) is 6.18. The van der Waals surface area contributed by atoms with Crippen LogP contribution in [-0.2, 0) is 0 Å². The average molecular weight is 192 g/mol. The van der Waals surface area contributed by atoms with Crippen molar-refractivity contribution in [1.29, 1.82) is 5.26 Å². The summed E-state index contributed by atoms with van der Waals surface area (Å²) in [6, 6.07) is 5.35. The minimum Gasteiger partial charge on any atom is -0.463 e. The Kier molecular flexibility index (Phi) is 2.83. The molecule has 0 aliphatic carbocycles. The van der Waals surface area contributed by atoms with Gasteiger partial charge in [-0.1, -0.05) is 12.2 Å². The maximum Gasteiger partial charge on any atom is 0.146 e. The van der Waals surface area contributed by atoms with Crippen molar-refractivity contribution in [3.63, 3.8) is 0 Å². The first-order valence-corrected chi connectivity index (χ1v) is 4.02. The molecule has 1 rings (SSSR count). The van der Waals surface area contributed by atoms with Gasteiger partial charge in [-0.25, -0.2) is 0 Å². The largest absolute Gasteiger partial charge is 0.463 e. The van der Waals surface area contributed by atoms with Crippen LogP contribution in [0.3, 0.4) is 0 Å². The number of hydrogen-bond acceptors (Lipinski definition) is 4. The van der Waals surface area contributed by atoms with Crippen LogP contribution in [0, 0.1) is 11.3 Å². The minimum absolute atomic E-state index is 0.296. The van der Waals surface area contributed by atoms with Crippen molar-refractivity contribution in [3.8, 4) is 6.07 Å². The van der Waals surface area contributed by atoms with Gasteiger partial charge in [-0.3, -0.25) is 0 Å². The van der Waals surface area contributed by atoms with Crippen LogP contribution < -0.4 is 5.73 Å². The van der Waals surface area contributed by atoms with E-state index in [1.54, 1.807) is 19.1 Å². The molecule has 0 aliphatic rings. The lowest BCUT2D eigenvalue weighted by Gasteiger charge is -1.99. The number of thiocarbonyl (C=S) groups is 1. The van der Waals surface area contributed by atoms with E-state index in [1.165, 1.54) is 6.26 Å². The highest BCUT2D eigenvalue weighted by molar-refractivity contribution is 7.81. The van der Waals surface area contributed by atoms with Crippen molar-refractivity contribution >= 4 is 17.1 Å². The van der Waals surface area contributed by atoms with Crippen molar-refractivity contribution in [1.82, 2.24) is 0 Å². The summed E-state index contributed by atoms with van der Waals surface area (Å²) in [6.07, 6.45) is 1.50. The molecule has 1 heterocycles. The van der Waals surface area contributed by atoms with Crippen LogP contribution in [0.1, 0.15) is 12.7 Å². The van der Waals surface area contributed by atoms with Crippen LogP contribution in [0.5, 0.6) is 0 Å². The summed E-state index contributed by atoms with van der Waals surface area (Å²) in [6.45, 7) is 1.63. The molecular weight excluding hydrogens is 184 g/mol. The SMILES string of the molecule is C/C(N)=C(\C#N)C(=S)c1ccco1. The van der Waals surface area contributed by atoms with E-state index < -0.39 is 0 Å². The van der Waals surface area contributed by atoms with Crippen LogP contribution in [0.2, 0.25) is 0 Å². The second-order valence-electron chi connectivity index (χ2n) is 2.48. The fraction of sp³-hybridized carbons (Fsp3) is 0.111. The second kappa shape index (κ2) is 3.87. The molecular formula is C9H8N2OS. The van der Waals surface area contributed by atoms with E-state index >= 15 is 0 Å². The van der Waals surface area contributed by atoms with E-state index in [1.807, 2.05) is 6.07 Å². The van der Waals surface area contributed by atoms with Gasteiger partial charge in [0.25, 0.3) is 0 Å². The third-order valence-electron chi connectivity index (χ3n) is 1.48. The molecule has 0 spiro atoms. The van der Waals surface area contributed by atoms with E-state index in [2.05, 4.69) is 0 Å². The Hall–Kier alpha value is -1.60. The van der Waals surface area contributed by atoms with Gasteiger partial charge in [0.15, 0.2) is 0 Å². The van der Waals surface area contributed by atoms with Gasteiger partial charge in [0.05, 0.1) is 16.7 Å². The summed E-state index contributed by atoms with van der Waals surface area (Å²) < 4.78 is 5.05. The highest BCUT2D eigenvalue weighted by Gasteiger charge is 2.11. The molecule has 0 aromatic carbocycles. The van der Waals surface area contributed by atoms with Crippen molar-refractivity contribution < 1.29 is 4.42 Å². The van der Waals surface area contributed by atoms with Gasteiger partial charge in [-0.05, 0) is 19.1 Å². The van der Waals surface area contributed by atoms with Gasteiger partial charge < -0.3 is 10.2 Å². The first-order chi connectivity index (χ1) is 6.16. The number of nitrogens with zero attached hydrogens (tertiary/aromatic N) is 1. The lowest BCUT2D eigenvalue weighted by Crippen LogP contribution is -2.06. The van der Waals surface area contributed by atoms with Gasteiger partial charge in [0.1, 0.15) is 11.8 Å². The highest BCUT2D eigenvalue weighted by atomic mass is 32.1. The summed E-state index contributed by atoms with van der Waals surface area (Å²) in [4.78, 5) is 0.354. The number of allylic oxidation sites excluding steroid dienone is 2. The number of furan rings is 1. The van der Waals surface area contributed by atoms with E-state index in [4.69, 9.17) is 27.6 Å². The molecule has 0 amide bonds. The quantitative estimate of drug-likeness (QED) is 0.335. The van der Waals surface area contributed by atoms with Crippen LogP contribution in [0.4, 0.5) is 0 Å². The van der Waals surface area contributed by atoms with Gasteiger partial charge in [-0.15, -0.1) is 0 Å². The van der Waals surface area contributed by atoms with Gasteiger partial charge in [-0.2, -0.15) is 5.26 Å². The van der Waals surface area contributed by atoms with Crippen molar-refractivity contribution in [3.05, 3.63) is 35.4 Å². The van der Waals surface area contributed by atoms with Crippen molar-refractivity contribution in [2.75, 3.05) is 0 Å². The summed E-state index contributed by atoms with van der Waals surface area (Å²) in [7, 11) is 0. The molecule has 4 heteroatoms. The predicted molar refractivity (Wildman–Crippen MR) is 52.9 cm³/mol. The molecule has 0 radical (unpaired) electrons. The molecule has 2 N–H and O–H groups in total. The second-order valence-corrected chi connectivity index (χ2v) is 2.88. The molecule has 66 valence electrons. The zero-order chi connectivity index (χ0) is 9.84. The Morgan fingerprint density at radius 2 is 2.38 bits per heavy atom. The molecule has 0 atom stereocenters. The molecule has 0 unspecified atom stereocenters. The fourth-order valence-electron chi connectivity index (χ4n) is 0.849. The lowest BCUT2D eigenvalue weighted by molar-refractivity contribution is 0.559. The molecule has 0 saturated carbocycles. The zero-order valence-electron chi connectivity index (χ0n) is 7.07. The Morgan fingerprint density at radius 1 is 1.69 bits per heavy atom. The normalized spacial score (nSPS) is 11.7. The maximum absolute atomic E-state index is 8.75. The molecule has 0 aliphatic heterocycles. The van der Waals surface area contributed by atoms with Gasteiger partial charge >= 0.3 is 0 Å². The highest BCUT2D eigenvalue weighted by Crippen LogP contribution is 2.11. The standard InChI is InChI=1S/C9H8N2OS/c1-6(11)7(5-10)9(13)8-3-2-4-12-8/h2-4H,11H2,1H3/b7-6-. The van der Waals surface area contributed by atoms with E-state index in [-0.39, 0.29) is 0 Å². The number of nitriles is 1. The molecule has 13 heavy (non-hydrogen) atoms. The monoisotopic (exact) mass is 192 g/mol. The van der Waals surface area contributed by atoms with Gasteiger partial charge in [0.2, 0.25) is 0 Å². The summed E-state index contributed by atoms with van der Waals surface area (Å²) >= 11 is 5.02. The summed E-state index contributed by atoms with van der Waals surface area (Å²) in [5.74, 6) is 0.497. The molecule has 1 aromatic heterocycles. The van der Waals surface area contributed by atoms with Crippen LogP contribution in [-0.4, -0.2) is 4.86 Å². The Balaban J connectivity index is 3.06. The Labute approximate surface area is 81.5 Å². The van der Waals surface area contributed by atoms with E-state index in [0.717, 1.165) is 0 Å². The minimum atomic E-state index is 0.296. The molecule has 1 aromatic rings. The topological polar surface area (TPSA) is 63.0 Å². The first-order valence-electron chi connectivity index (χ1n) is 3.61. The Morgan fingerprint density at radius 3 is 2.77 bits per heavy atom. The molecule has 0 fully saturated rings. The molecule has 0 bridgehead atoms. The van der Waals surface area contributed by atoms with Crippen LogP contribution in [0.15, 0.2) is 34.1 Å². The third kappa shape index (κ3) is 1.95. The first kappa shape index (κ1) is 9.49. The van der Waals surface area contributed by atoms with Crippen LogP contribution in [0.25, 0.3) is 0 Å². The third-order valence-corrected chi connectivity index (χ3v) is 1.88. The maximum atomic E-state index is 8.75. The van der Waals surface area contributed by atoms with E-state index in [0.29, 0.717) is 21.9 Å². The van der Waals surface area contributed by atoms with Crippen molar-refractivity contribution in [2.45, 2.75) is 6.92 Å². The smallest absolute Gasteiger partial charge is 0.146 e. The van der Waals surface area contributed by atoms with Crippen LogP contribution >= 0.6 is 12.2 Å². The van der Waals surface area contributed by atoms with Crippen molar-refractivity contribution in [2.24, 2.45) is 5.73 Å². The Bertz CT molecular complexity index is 380. The van der Waals surface area contributed by atoms with E-state index in [9.17, 15) is 0 Å². The zero-order valence-corrected chi connectivity index (χ0v) is 7.89. The average Bonchev–Trinajstić information content (AvgIpc) is 2.56. The number of hydrogen-bond donors (Lipinski definition) is 1. The molecule has 3 nitrogen and oxygen atoms in total. The summed E-state index contributed by atoms with van der Waals surface area (Å²) in [5, 5.41) is 8.75.